The molecule has 10 heteroatoms. The maximum Gasteiger partial charge on any atom is 0.410 e. The maximum absolute atomic E-state index is 12.9. The van der Waals surface area contributed by atoms with E-state index in [0.717, 1.165) is 4.47 Å². The third-order valence-corrected chi connectivity index (χ3v) is 7.94. The SMILES string of the molecule is CC(C)(C)OC(=O)N1CCN(C(=O)C2CCN(S(=O)(=O)c3ccc(Br)cc3)CC2)CC1. The molecule has 0 spiro atoms. The number of nitrogens with zero attached hydrogens (tertiary/aromatic N) is 3. The first kappa shape index (κ1) is 24.0. The quantitative estimate of drug-likeness (QED) is 0.617. The fraction of sp³-hybridized carbons (Fsp3) is 0.619. The van der Waals surface area contributed by atoms with Crippen LogP contribution in [0.3, 0.4) is 0 Å². The lowest BCUT2D eigenvalue weighted by Gasteiger charge is -2.38. The lowest BCUT2D eigenvalue weighted by Crippen LogP contribution is -2.53. The van der Waals surface area contributed by atoms with Crippen LogP contribution < -0.4 is 0 Å². The molecular formula is C21H30BrN3O5S. The Morgan fingerprint density at radius 1 is 0.935 bits per heavy atom. The van der Waals surface area contributed by atoms with Gasteiger partial charge in [0, 0.05) is 49.7 Å². The predicted molar refractivity (Wildman–Crippen MR) is 120 cm³/mol. The number of hydrogen-bond donors (Lipinski definition) is 0. The normalized spacial score (nSPS) is 19.4. The fourth-order valence-electron chi connectivity index (χ4n) is 3.79. The Morgan fingerprint density at radius 2 is 1.45 bits per heavy atom. The molecule has 0 radical (unpaired) electrons. The molecule has 0 aromatic heterocycles. The monoisotopic (exact) mass is 515 g/mol. The summed E-state index contributed by atoms with van der Waals surface area (Å²) in [7, 11) is -3.56. The Labute approximate surface area is 192 Å². The van der Waals surface area contributed by atoms with E-state index in [1.54, 1.807) is 34.1 Å². The molecule has 0 unspecified atom stereocenters. The molecule has 31 heavy (non-hydrogen) atoms. The van der Waals surface area contributed by atoms with Crippen molar-refractivity contribution >= 4 is 38.0 Å². The van der Waals surface area contributed by atoms with Gasteiger partial charge in [0.25, 0.3) is 0 Å². The van der Waals surface area contributed by atoms with Gasteiger partial charge in [-0.25, -0.2) is 13.2 Å². The highest BCUT2D eigenvalue weighted by Crippen LogP contribution is 2.26. The number of piperidine rings is 1. The van der Waals surface area contributed by atoms with E-state index in [9.17, 15) is 18.0 Å². The summed E-state index contributed by atoms with van der Waals surface area (Å²) in [6.45, 7) is 7.95. The Hall–Kier alpha value is -1.65. The van der Waals surface area contributed by atoms with Crippen LogP contribution in [0, 0.1) is 5.92 Å². The number of amides is 2. The van der Waals surface area contributed by atoms with Crippen LogP contribution in [-0.4, -0.2) is 79.4 Å². The topological polar surface area (TPSA) is 87.2 Å². The van der Waals surface area contributed by atoms with Gasteiger partial charge < -0.3 is 14.5 Å². The van der Waals surface area contributed by atoms with Crippen LogP contribution in [0.25, 0.3) is 0 Å². The second-order valence-corrected chi connectivity index (χ2v) is 11.8. The van der Waals surface area contributed by atoms with Crippen LogP contribution in [0.5, 0.6) is 0 Å². The van der Waals surface area contributed by atoms with E-state index in [1.165, 1.54) is 4.31 Å². The van der Waals surface area contributed by atoms with Gasteiger partial charge in [-0.1, -0.05) is 15.9 Å². The molecule has 0 N–H and O–H groups in total. The molecule has 2 saturated heterocycles. The van der Waals surface area contributed by atoms with E-state index in [1.807, 2.05) is 20.8 Å². The smallest absolute Gasteiger partial charge is 0.410 e. The van der Waals surface area contributed by atoms with Gasteiger partial charge in [-0.2, -0.15) is 4.31 Å². The molecule has 8 nitrogen and oxygen atoms in total. The van der Waals surface area contributed by atoms with Crippen molar-refractivity contribution in [2.24, 2.45) is 5.92 Å². The molecule has 172 valence electrons. The highest BCUT2D eigenvalue weighted by atomic mass is 79.9. The summed E-state index contributed by atoms with van der Waals surface area (Å²) >= 11 is 3.31. The van der Waals surface area contributed by atoms with Crippen LogP contribution >= 0.6 is 15.9 Å². The molecule has 0 aliphatic carbocycles. The molecule has 2 heterocycles. The Morgan fingerprint density at radius 3 is 1.97 bits per heavy atom. The van der Waals surface area contributed by atoms with Crippen molar-refractivity contribution < 1.29 is 22.7 Å². The minimum Gasteiger partial charge on any atom is -0.444 e. The van der Waals surface area contributed by atoms with Gasteiger partial charge in [0.2, 0.25) is 15.9 Å². The minimum atomic E-state index is -3.56. The second kappa shape index (κ2) is 9.46. The van der Waals surface area contributed by atoms with Gasteiger partial charge in [-0.05, 0) is 57.9 Å². The van der Waals surface area contributed by atoms with Gasteiger partial charge in [-0.15, -0.1) is 0 Å². The van der Waals surface area contributed by atoms with E-state index in [0.29, 0.717) is 52.1 Å². The van der Waals surface area contributed by atoms with Crippen LogP contribution in [-0.2, 0) is 19.6 Å². The number of hydrogen-bond acceptors (Lipinski definition) is 5. The number of rotatable bonds is 3. The number of halogens is 1. The molecule has 0 atom stereocenters. The zero-order chi connectivity index (χ0) is 22.8. The molecule has 2 fully saturated rings. The zero-order valence-corrected chi connectivity index (χ0v) is 20.6. The molecule has 1 aromatic carbocycles. The standard InChI is InChI=1S/C21H30BrN3O5S/c1-21(2,3)30-20(27)24-14-12-23(13-15-24)19(26)16-8-10-25(11-9-16)31(28,29)18-6-4-17(22)5-7-18/h4-7,16H,8-15H2,1-3H3. The third kappa shape index (κ3) is 5.98. The van der Waals surface area contributed by atoms with Crippen LogP contribution in [0.2, 0.25) is 0 Å². The Kier molecular flexibility index (Phi) is 7.32. The summed E-state index contributed by atoms with van der Waals surface area (Å²) in [4.78, 5) is 28.8. The average molecular weight is 516 g/mol. The van der Waals surface area contributed by atoms with Gasteiger partial charge >= 0.3 is 6.09 Å². The molecule has 2 aliphatic rings. The number of sulfonamides is 1. The summed E-state index contributed by atoms with van der Waals surface area (Å²) < 4.78 is 33.4. The highest BCUT2D eigenvalue weighted by Gasteiger charge is 2.35. The van der Waals surface area contributed by atoms with Crippen LogP contribution in [0.15, 0.2) is 33.6 Å². The fourth-order valence-corrected chi connectivity index (χ4v) is 5.53. The molecular weight excluding hydrogens is 486 g/mol. The summed E-state index contributed by atoms with van der Waals surface area (Å²) in [6, 6.07) is 6.59. The number of piperazine rings is 1. The molecule has 2 amide bonds. The molecule has 0 saturated carbocycles. The van der Waals surface area contributed by atoms with Gasteiger partial charge in [-0.3, -0.25) is 4.79 Å². The van der Waals surface area contributed by atoms with Crippen molar-refractivity contribution in [1.29, 1.82) is 0 Å². The van der Waals surface area contributed by atoms with E-state index in [-0.39, 0.29) is 22.8 Å². The first-order valence-corrected chi connectivity index (χ1v) is 12.7. The van der Waals surface area contributed by atoms with Gasteiger partial charge in [0.15, 0.2) is 0 Å². The Balaban J connectivity index is 1.51. The van der Waals surface area contributed by atoms with Crippen molar-refractivity contribution in [3.63, 3.8) is 0 Å². The summed E-state index contributed by atoms with van der Waals surface area (Å²) in [5, 5.41) is 0. The average Bonchev–Trinajstić information content (AvgIpc) is 2.72. The van der Waals surface area contributed by atoms with E-state index < -0.39 is 15.6 Å². The second-order valence-electron chi connectivity index (χ2n) is 8.92. The molecule has 2 aliphatic heterocycles. The number of carbonyl (C=O) groups excluding carboxylic acids is 2. The number of benzene rings is 1. The molecule has 1 aromatic rings. The van der Waals surface area contributed by atoms with Gasteiger partial charge in [0.1, 0.15) is 5.60 Å². The van der Waals surface area contributed by atoms with E-state index in [4.69, 9.17) is 4.74 Å². The number of ether oxygens (including phenoxy) is 1. The lowest BCUT2D eigenvalue weighted by molar-refractivity contribution is -0.138. The lowest BCUT2D eigenvalue weighted by atomic mass is 9.96. The van der Waals surface area contributed by atoms with Gasteiger partial charge in [0.05, 0.1) is 4.90 Å². The van der Waals surface area contributed by atoms with Crippen LogP contribution in [0.1, 0.15) is 33.6 Å². The summed E-state index contributed by atoms with van der Waals surface area (Å²) in [6.07, 6.45) is 0.646. The number of carbonyl (C=O) groups is 2. The maximum atomic E-state index is 12.9. The van der Waals surface area contributed by atoms with Crippen molar-refractivity contribution in [3.8, 4) is 0 Å². The molecule has 3 rings (SSSR count). The highest BCUT2D eigenvalue weighted by molar-refractivity contribution is 9.10. The van der Waals surface area contributed by atoms with Crippen molar-refractivity contribution in [2.75, 3.05) is 39.3 Å². The first-order valence-electron chi connectivity index (χ1n) is 10.5. The van der Waals surface area contributed by atoms with E-state index in [2.05, 4.69) is 15.9 Å². The predicted octanol–water partition coefficient (Wildman–Crippen LogP) is 2.93. The molecule has 0 bridgehead atoms. The minimum absolute atomic E-state index is 0.0459. The largest absolute Gasteiger partial charge is 0.444 e. The van der Waals surface area contributed by atoms with Crippen molar-refractivity contribution in [2.45, 2.75) is 44.1 Å². The first-order chi connectivity index (χ1) is 14.5. The third-order valence-electron chi connectivity index (χ3n) is 5.50. The summed E-state index contributed by atoms with van der Waals surface area (Å²) in [5.41, 5.74) is -0.547. The zero-order valence-electron chi connectivity index (χ0n) is 18.2. The van der Waals surface area contributed by atoms with Crippen molar-refractivity contribution in [3.05, 3.63) is 28.7 Å². The van der Waals surface area contributed by atoms with Crippen molar-refractivity contribution in [1.82, 2.24) is 14.1 Å². The van der Waals surface area contributed by atoms with E-state index >= 15 is 0 Å². The Bertz CT molecular complexity index is 898. The van der Waals surface area contributed by atoms with Crippen LogP contribution in [0.4, 0.5) is 4.79 Å². The summed E-state index contributed by atoms with van der Waals surface area (Å²) in [5.74, 6) is -0.144.